The summed E-state index contributed by atoms with van der Waals surface area (Å²) in [6, 6.07) is 6.74. The fourth-order valence-corrected chi connectivity index (χ4v) is 1.94. The maximum Gasteiger partial charge on any atom is 0.408 e. The van der Waals surface area contributed by atoms with Gasteiger partial charge in [0.25, 0.3) is 0 Å². The Balaban J connectivity index is 2.55. The molecule has 0 spiro atoms. The van der Waals surface area contributed by atoms with Gasteiger partial charge in [-0.25, -0.2) is 4.79 Å². The minimum absolute atomic E-state index is 0.0199. The molecule has 2 atom stereocenters. The topological polar surface area (TPSA) is 131 Å². The van der Waals surface area contributed by atoms with Gasteiger partial charge in [-0.3, -0.25) is 9.59 Å². The van der Waals surface area contributed by atoms with E-state index in [1.54, 1.807) is 31.2 Å². The molecule has 25 heavy (non-hydrogen) atoms. The molecule has 0 aliphatic carbocycles. The van der Waals surface area contributed by atoms with Crippen LogP contribution in [0.25, 0.3) is 0 Å². The van der Waals surface area contributed by atoms with Gasteiger partial charge in [0.05, 0.1) is 6.61 Å². The standard InChI is InChI=1S/C17H23N3O5/c1-11(2)8-13(15(18)22)19-16(23)14(9-21)20-17(24)25-10-12-6-4-3-5-7-12/h3-7,13-14,21H,1,8-10H2,2H3,(H2,18,22)(H,19,23)(H,20,24)/t13-,14-/m0/s1. The summed E-state index contributed by atoms with van der Waals surface area (Å²) in [5.74, 6) is -1.48. The Morgan fingerprint density at radius 3 is 2.36 bits per heavy atom. The van der Waals surface area contributed by atoms with Gasteiger partial charge in [-0.15, -0.1) is 6.58 Å². The summed E-state index contributed by atoms with van der Waals surface area (Å²) in [6.07, 6.45) is -0.703. The van der Waals surface area contributed by atoms with Gasteiger partial charge in [-0.2, -0.15) is 0 Å². The SMILES string of the molecule is C=C(C)C[C@H](NC(=O)[C@H](CO)NC(=O)OCc1ccccc1)C(N)=O. The molecule has 0 bridgehead atoms. The van der Waals surface area contributed by atoms with Crippen molar-refractivity contribution in [2.75, 3.05) is 6.61 Å². The van der Waals surface area contributed by atoms with Gasteiger partial charge < -0.3 is 26.2 Å². The number of nitrogens with one attached hydrogen (secondary N) is 2. The minimum Gasteiger partial charge on any atom is -0.445 e. The van der Waals surface area contributed by atoms with Crippen LogP contribution in [0, 0.1) is 0 Å². The van der Waals surface area contributed by atoms with E-state index >= 15 is 0 Å². The van der Waals surface area contributed by atoms with Crippen molar-refractivity contribution < 1.29 is 24.2 Å². The van der Waals surface area contributed by atoms with E-state index in [9.17, 15) is 19.5 Å². The maximum atomic E-state index is 12.1. The zero-order valence-corrected chi connectivity index (χ0v) is 14.0. The maximum absolute atomic E-state index is 12.1. The van der Waals surface area contributed by atoms with E-state index in [1.807, 2.05) is 6.07 Å². The fourth-order valence-electron chi connectivity index (χ4n) is 1.94. The molecule has 0 fully saturated rings. The fraction of sp³-hybridized carbons (Fsp3) is 0.353. The van der Waals surface area contributed by atoms with Gasteiger partial charge >= 0.3 is 6.09 Å². The Labute approximate surface area is 146 Å². The van der Waals surface area contributed by atoms with Crippen LogP contribution in [0.15, 0.2) is 42.5 Å². The highest BCUT2D eigenvalue weighted by molar-refractivity contribution is 5.90. The zero-order chi connectivity index (χ0) is 18.8. The Bertz CT molecular complexity index is 618. The summed E-state index contributed by atoms with van der Waals surface area (Å²) in [6.45, 7) is 4.70. The summed E-state index contributed by atoms with van der Waals surface area (Å²) in [4.78, 5) is 35.2. The summed E-state index contributed by atoms with van der Waals surface area (Å²) < 4.78 is 4.98. The Morgan fingerprint density at radius 1 is 1.20 bits per heavy atom. The van der Waals surface area contributed by atoms with Gasteiger partial charge in [-0.1, -0.05) is 35.9 Å². The number of carbonyl (C=O) groups is 3. The molecule has 3 amide bonds. The van der Waals surface area contributed by atoms with Crippen molar-refractivity contribution in [3.63, 3.8) is 0 Å². The second-order valence-electron chi connectivity index (χ2n) is 5.57. The van der Waals surface area contributed by atoms with Crippen LogP contribution in [-0.2, 0) is 20.9 Å². The van der Waals surface area contributed by atoms with Crippen LogP contribution in [0.5, 0.6) is 0 Å². The highest BCUT2D eigenvalue weighted by Crippen LogP contribution is 2.03. The van der Waals surface area contributed by atoms with Crippen molar-refractivity contribution in [3.8, 4) is 0 Å². The van der Waals surface area contributed by atoms with Crippen molar-refractivity contribution >= 4 is 17.9 Å². The predicted molar refractivity (Wildman–Crippen MR) is 91.2 cm³/mol. The first-order valence-corrected chi connectivity index (χ1v) is 7.65. The molecule has 0 saturated carbocycles. The molecule has 0 unspecified atom stereocenters. The molecule has 0 radical (unpaired) electrons. The molecule has 0 heterocycles. The number of benzene rings is 1. The molecule has 5 N–H and O–H groups in total. The van der Waals surface area contributed by atoms with E-state index in [0.717, 1.165) is 5.56 Å². The van der Waals surface area contributed by atoms with Crippen LogP contribution >= 0.6 is 0 Å². The molecule has 0 aliphatic rings. The second-order valence-corrected chi connectivity index (χ2v) is 5.57. The first-order chi connectivity index (χ1) is 11.8. The minimum atomic E-state index is -1.27. The lowest BCUT2D eigenvalue weighted by Crippen LogP contribution is -2.54. The Hall–Kier alpha value is -2.87. The van der Waals surface area contributed by atoms with Crippen molar-refractivity contribution in [1.82, 2.24) is 10.6 Å². The summed E-state index contributed by atoms with van der Waals surface area (Å²) in [5.41, 5.74) is 6.65. The number of rotatable bonds is 9. The van der Waals surface area contributed by atoms with Gasteiger partial charge in [0, 0.05) is 0 Å². The van der Waals surface area contributed by atoms with E-state index in [4.69, 9.17) is 10.5 Å². The summed E-state index contributed by atoms with van der Waals surface area (Å²) >= 11 is 0. The molecule has 0 aliphatic heterocycles. The molecule has 0 aromatic heterocycles. The summed E-state index contributed by atoms with van der Waals surface area (Å²) in [7, 11) is 0. The van der Waals surface area contributed by atoms with Crippen LogP contribution in [-0.4, -0.2) is 41.7 Å². The normalized spacial score (nSPS) is 12.6. The van der Waals surface area contributed by atoms with E-state index < -0.39 is 36.6 Å². The quantitative estimate of drug-likeness (QED) is 0.473. The molecule has 136 valence electrons. The van der Waals surface area contributed by atoms with Crippen molar-refractivity contribution in [3.05, 3.63) is 48.0 Å². The average Bonchev–Trinajstić information content (AvgIpc) is 2.57. The Morgan fingerprint density at radius 2 is 1.84 bits per heavy atom. The first-order valence-electron chi connectivity index (χ1n) is 7.65. The number of primary amides is 1. The first kappa shape index (κ1) is 20.2. The van der Waals surface area contributed by atoms with Crippen LogP contribution in [0.4, 0.5) is 4.79 Å². The number of ether oxygens (including phenoxy) is 1. The van der Waals surface area contributed by atoms with Crippen molar-refractivity contribution in [2.45, 2.75) is 32.0 Å². The number of alkyl carbamates (subject to hydrolysis) is 1. The molecule has 0 saturated heterocycles. The molecular weight excluding hydrogens is 326 g/mol. The zero-order valence-electron chi connectivity index (χ0n) is 14.0. The third-order valence-electron chi connectivity index (χ3n) is 3.22. The van der Waals surface area contributed by atoms with Crippen LogP contribution < -0.4 is 16.4 Å². The molecule has 8 heteroatoms. The van der Waals surface area contributed by atoms with Crippen LogP contribution in [0.3, 0.4) is 0 Å². The molecule has 1 aromatic carbocycles. The van der Waals surface area contributed by atoms with Gasteiger partial charge in [0.1, 0.15) is 18.7 Å². The highest BCUT2D eigenvalue weighted by Gasteiger charge is 2.25. The number of aliphatic hydroxyl groups excluding tert-OH is 1. The van der Waals surface area contributed by atoms with Gasteiger partial charge in [0.15, 0.2) is 0 Å². The molecule has 1 aromatic rings. The van der Waals surface area contributed by atoms with E-state index in [0.29, 0.717) is 5.57 Å². The Kier molecular flexibility index (Phi) is 8.14. The molecular formula is C17H23N3O5. The number of hydrogen-bond acceptors (Lipinski definition) is 5. The lowest BCUT2D eigenvalue weighted by molar-refractivity contribution is -0.129. The van der Waals surface area contributed by atoms with Crippen molar-refractivity contribution in [1.29, 1.82) is 0 Å². The van der Waals surface area contributed by atoms with E-state index in [1.165, 1.54) is 0 Å². The molecule has 1 rings (SSSR count). The van der Waals surface area contributed by atoms with Crippen LogP contribution in [0.1, 0.15) is 18.9 Å². The van der Waals surface area contributed by atoms with E-state index in [2.05, 4.69) is 17.2 Å². The number of nitrogens with two attached hydrogens (primary N) is 1. The smallest absolute Gasteiger partial charge is 0.408 e. The monoisotopic (exact) mass is 349 g/mol. The predicted octanol–water partition coefficient (Wildman–Crippen LogP) is 0.210. The number of hydrogen-bond donors (Lipinski definition) is 4. The van der Waals surface area contributed by atoms with Crippen molar-refractivity contribution in [2.24, 2.45) is 5.73 Å². The second kappa shape index (κ2) is 10.1. The largest absolute Gasteiger partial charge is 0.445 e. The number of aliphatic hydroxyl groups is 1. The van der Waals surface area contributed by atoms with E-state index in [-0.39, 0.29) is 13.0 Å². The molecule has 8 nitrogen and oxygen atoms in total. The van der Waals surface area contributed by atoms with Gasteiger partial charge in [-0.05, 0) is 18.9 Å². The third kappa shape index (κ3) is 7.49. The summed E-state index contributed by atoms with van der Waals surface area (Å²) in [5, 5.41) is 13.9. The number of amides is 3. The number of carbonyl (C=O) groups excluding carboxylic acids is 3. The lowest BCUT2D eigenvalue weighted by atomic mass is 10.1. The van der Waals surface area contributed by atoms with Crippen LogP contribution in [0.2, 0.25) is 0 Å². The highest BCUT2D eigenvalue weighted by atomic mass is 16.5. The third-order valence-corrected chi connectivity index (χ3v) is 3.22. The lowest BCUT2D eigenvalue weighted by Gasteiger charge is -2.20. The average molecular weight is 349 g/mol. The van der Waals surface area contributed by atoms with Gasteiger partial charge in [0.2, 0.25) is 11.8 Å².